The monoisotopic (exact) mass is 232 g/mol. The highest BCUT2D eigenvalue weighted by atomic mass is 15.2. The standard InChI is InChI=1S/C13H20N4/c1-3-4-13(14)12-5-6-17(10-12)9-11-7-15-16(2)8-11/h5-8,10,13H,3-4,9,14H2,1-2H3. The van der Waals surface area contributed by atoms with Gasteiger partial charge in [0.25, 0.3) is 0 Å². The van der Waals surface area contributed by atoms with Gasteiger partial charge in [0.1, 0.15) is 0 Å². The van der Waals surface area contributed by atoms with Crippen LogP contribution in [-0.2, 0) is 13.6 Å². The molecule has 92 valence electrons. The van der Waals surface area contributed by atoms with Gasteiger partial charge in [0.15, 0.2) is 0 Å². The number of rotatable bonds is 5. The molecular weight excluding hydrogens is 212 g/mol. The molecule has 2 rings (SSSR count). The van der Waals surface area contributed by atoms with Gasteiger partial charge in [-0.05, 0) is 18.1 Å². The summed E-state index contributed by atoms with van der Waals surface area (Å²) in [6, 6.07) is 2.27. The van der Waals surface area contributed by atoms with Crippen LogP contribution in [-0.4, -0.2) is 14.3 Å². The molecule has 0 amide bonds. The van der Waals surface area contributed by atoms with Crippen molar-refractivity contribution in [1.82, 2.24) is 14.3 Å². The van der Waals surface area contributed by atoms with E-state index in [4.69, 9.17) is 5.73 Å². The first kappa shape index (κ1) is 11.9. The molecule has 4 heteroatoms. The zero-order chi connectivity index (χ0) is 12.3. The van der Waals surface area contributed by atoms with Gasteiger partial charge in [-0.15, -0.1) is 0 Å². The van der Waals surface area contributed by atoms with Gasteiger partial charge in [0, 0.05) is 37.2 Å². The quantitative estimate of drug-likeness (QED) is 0.858. The molecule has 1 atom stereocenters. The van der Waals surface area contributed by atoms with Crippen molar-refractivity contribution < 1.29 is 0 Å². The minimum absolute atomic E-state index is 0.162. The first-order chi connectivity index (χ1) is 8.19. The van der Waals surface area contributed by atoms with Crippen molar-refractivity contribution in [3.8, 4) is 0 Å². The molecule has 17 heavy (non-hydrogen) atoms. The summed E-state index contributed by atoms with van der Waals surface area (Å²) >= 11 is 0. The van der Waals surface area contributed by atoms with E-state index in [9.17, 15) is 0 Å². The summed E-state index contributed by atoms with van der Waals surface area (Å²) in [5.41, 5.74) is 8.51. The highest BCUT2D eigenvalue weighted by Gasteiger charge is 2.06. The summed E-state index contributed by atoms with van der Waals surface area (Å²) < 4.78 is 3.98. The van der Waals surface area contributed by atoms with Gasteiger partial charge in [-0.25, -0.2) is 0 Å². The molecule has 2 heterocycles. The molecule has 0 fully saturated rings. The Morgan fingerprint density at radius 2 is 2.24 bits per heavy atom. The third-order valence-electron chi connectivity index (χ3n) is 2.92. The van der Waals surface area contributed by atoms with Crippen molar-refractivity contribution in [2.24, 2.45) is 12.8 Å². The Morgan fingerprint density at radius 1 is 1.41 bits per heavy atom. The van der Waals surface area contributed by atoms with Gasteiger partial charge >= 0.3 is 0 Å². The number of hydrogen-bond acceptors (Lipinski definition) is 2. The predicted molar refractivity (Wildman–Crippen MR) is 68.6 cm³/mol. The van der Waals surface area contributed by atoms with Gasteiger partial charge in [0.2, 0.25) is 0 Å². The molecule has 0 aliphatic carbocycles. The molecule has 0 aliphatic heterocycles. The zero-order valence-corrected chi connectivity index (χ0v) is 10.5. The van der Waals surface area contributed by atoms with Crippen LogP contribution in [0.3, 0.4) is 0 Å². The van der Waals surface area contributed by atoms with Crippen molar-refractivity contribution in [2.45, 2.75) is 32.4 Å². The second-order valence-electron chi connectivity index (χ2n) is 4.53. The molecule has 0 radical (unpaired) electrons. The molecular formula is C13H20N4. The van der Waals surface area contributed by atoms with E-state index in [0.29, 0.717) is 0 Å². The second kappa shape index (κ2) is 5.19. The van der Waals surface area contributed by atoms with Crippen LogP contribution >= 0.6 is 0 Å². The summed E-state index contributed by atoms with van der Waals surface area (Å²) in [5, 5.41) is 4.16. The van der Waals surface area contributed by atoms with Crippen LogP contribution in [0.15, 0.2) is 30.9 Å². The van der Waals surface area contributed by atoms with E-state index in [-0.39, 0.29) is 6.04 Å². The lowest BCUT2D eigenvalue weighted by Crippen LogP contribution is -2.08. The lowest BCUT2D eigenvalue weighted by Gasteiger charge is -2.07. The van der Waals surface area contributed by atoms with Crippen molar-refractivity contribution in [2.75, 3.05) is 0 Å². The summed E-state index contributed by atoms with van der Waals surface area (Å²) in [6.45, 7) is 3.01. The number of aryl methyl sites for hydroxylation is 1. The SMILES string of the molecule is CCCC(N)c1ccn(Cc2cnn(C)c2)c1. The third-order valence-corrected chi connectivity index (χ3v) is 2.92. The lowest BCUT2D eigenvalue weighted by atomic mass is 10.1. The molecule has 0 spiro atoms. The molecule has 4 nitrogen and oxygen atoms in total. The smallest absolute Gasteiger partial charge is 0.0539 e. The average molecular weight is 232 g/mol. The first-order valence-electron chi connectivity index (χ1n) is 6.08. The Balaban J connectivity index is 2.03. The van der Waals surface area contributed by atoms with E-state index in [1.54, 1.807) is 0 Å². The molecule has 2 aromatic heterocycles. The fourth-order valence-electron chi connectivity index (χ4n) is 2.02. The van der Waals surface area contributed by atoms with Crippen LogP contribution in [0.2, 0.25) is 0 Å². The van der Waals surface area contributed by atoms with E-state index < -0.39 is 0 Å². The largest absolute Gasteiger partial charge is 0.349 e. The van der Waals surface area contributed by atoms with E-state index in [1.807, 2.05) is 24.1 Å². The van der Waals surface area contributed by atoms with Crippen LogP contribution < -0.4 is 5.73 Å². The Hall–Kier alpha value is -1.55. The topological polar surface area (TPSA) is 48.8 Å². The Morgan fingerprint density at radius 3 is 2.88 bits per heavy atom. The summed E-state index contributed by atoms with van der Waals surface area (Å²) in [6.07, 6.45) is 10.3. The first-order valence-corrected chi connectivity index (χ1v) is 6.08. The summed E-state index contributed by atoms with van der Waals surface area (Å²) in [7, 11) is 1.93. The van der Waals surface area contributed by atoms with Crippen molar-refractivity contribution >= 4 is 0 Å². The molecule has 2 aromatic rings. The number of nitrogens with zero attached hydrogens (tertiary/aromatic N) is 3. The summed E-state index contributed by atoms with van der Waals surface area (Å²) in [4.78, 5) is 0. The van der Waals surface area contributed by atoms with Crippen molar-refractivity contribution in [3.63, 3.8) is 0 Å². The average Bonchev–Trinajstić information content (AvgIpc) is 2.89. The fourth-order valence-corrected chi connectivity index (χ4v) is 2.02. The molecule has 0 bridgehead atoms. The van der Waals surface area contributed by atoms with E-state index in [0.717, 1.165) is 19.4 Å². The van der Waals surface area contributed by atoms with Crippen molar-refractivity contribution in [1.29, 1.82) is 0 Å². The van der Waals surface area contributed by atoms with Gasteiger partial charge in [-0.2, -0.15) is 5.10 Å². The second-order valence-corrected chi connectivity index (χ2v) is 4.53. The highest BCUT2D eigenvalue weighted by Crippen LogP contribution is 2.16. The van der Waals surface area contributed by atoms with Crippen LogP contribution in [0.1, 0.15) is 36.9 Å². The predicted octanol–water partition coefficient (Wildman–Crippen LogP) is 2.07. The van der Waals surface area contributed by atoms with Gasteiger partial charge in [0.05, 0.1) is 12.7 Å². The highest BCUT2D eigenvalue weighted by molar-refractivity contribution is 5.16. The van der Waals surface area contributed by atoms with E-state index in [1.165, 1.54) is 11.1 Å². The minimum atomic E-state index is 0.162. The molecule has 0 aromatic carbocycles. The molecule has 2 N–H and O–H groups in total. The summed E-state index contributed by atoms with van der Waals surface area (Å²) in [5.74, 6) is 0. The fraction of sp³-hybridized carbons (Fsp3) is 0.462. The lowest BCUT2D eigenvalue weighted by molar-refractivity contribution is 0.636. The van der Waals surface area contributed by atoms with Crippen LogP contribution in [0.4, 0.5) is 0 Å². The molecule has 0 saturated carbocycles. The minimum Gasteiger partial charge on any atom is -0.349 e. The van der Waals surface area contributed by atoms with Crippen LogP contribution in [0.5, 0.6) is 0 Å². The van der Waals surface area contributed by atoms with Gasteiger partial charge in [-0.3, -0.25) is 4.68 Å². The maximum atomic E-state index is 6.09. The maximum absolute atomic E-state index is 6.09. The Bertz CT molecular complexity index is 469. The van der Waals surface area contributed by atoms with E-state index in [2.05, 4.69) is 35.0 Å². The zero-order valence-electron chi connectivity index (χ0n) is 10.5. The van der Waals surface area contributed by atoms with E-state index >= 15 is 0 Å². The maximum Gasteiger partial charge on any atom is 0.0539 e. The van der Waals surface area contributed by atoms with Gasteiger partial charge in [-0.1, -0.05) is 13.3 Å². The third kappa shape index (κ3) is 2.97. The number of aromatic nitrogens is 3. The van der Waals surface area contributed by atoms with Crippen molar-refractivity contribution in [3.05, 3.63) is 42.0 Å². The Kier molecular flexibility index (Phi) is 3.64. The van der Waals surface area contributed by atoms with Crippen LogP contribution in [0.25, 0.3) is 0 Å². The van der Waals surface area contributed by atoms with Crippen LogP contribution in [0, 0.1) is 0 Å². The number of hydrogen-bond donors (Lipinski definition) is 1. The van der Waals surface area contributed by atoms with Gasteiger partial charge < -0.3 is 10.3 Å². The normalized spacial score (nSPS) is 12.9. The molecule has 0 saturated heterocycles. The number of nitrogens with two attached hydrogens (primary N) is 1. The Labute approximate surface area is 102 Å². The molecule has 0 aliphatic rings. The molecule has 1 unspecified atom stereocenters.